The summed E-state index contributed by atoms with van der Waals surface area (Å²) in [5.41, 5.74) is 3.14. The van der Waals surface area contributed by atoms with Gasteiger partial charge in [-0.25, -0.2) is 0 Å². The molecule has 0 aliphatic rings. The van der Waals surface area contributed by atoms with Crippen molar-refractivity contribution in [2.24, 2.45) is 0 Å². The van der Waals surface area contributed by atoms with Crippen molar-refractivity contribution in [3.63, 3.8) is 0 Å². The number of benzene rings is 2. The van der Waals surface area contributed by atoms with E-state index in [4.69, 9.17) is 16.3 Å². The van der Waals surface area contributed by atoms with E-state index in [9.17, 15) is 10.1 Å². The first-order valence-corrected chi connectivity index (χ1v) is 7.66. The lowest BCUT2D eigenvalue weighted by molar-refractivity contribution is -0.112. The summed E-state index contributed by atoms with van der Waals surface area (Å²) in [5, 5.41) is 12.5. The smallest absolute Gasteiger partial charge is 0.266 e. The number of hydrogen-bond donors (Lipinski definition) is 1. The van der Waals surface area contributed by atoms with E-state index < -0.39 is 5.91 Å². The third-order valence-electron chi connectivity index (χ3n) is 3.56. The van der Waals surface area contributed by atoms with Crippen LogP contribution < -0.4 is 10.1 Å². The molecule has 0 aliphatic heterocycles. The van der Waals surface area contributed by atoms with Crippen LogP contribution in [0.15, 0.2) is 42.0 Å². The fourth-order valence-corrected chi connectivity index (χ4v) is 2.33. The average Bonchev–Trinajstić information content (AvgIpc) is 2.57. The highest BCUT2D eigenvalue weighted by molar-refractivity contribution is 6.31. The first-order valence-electron chi connectivity index (χ1n) is 7.28. The molecule has 1 N–H and O–H groups in total. The minimum absolute atomic E-state index is 0.000261. The standard InChI is InChI=1S/C19H17ClN2O2/c1-12-5-7-16(20)10-17(12)22-19(23)15(11-21)8-14-6-4-13(2)18(9-14)24-3/h4-10H,1-3H3,(H,22,23)/b15-8+. The van der Waals surface area contributed by atoms with E-state index in [-0.39, 0.29) is 5.57 Å². The van der Waals surface area contributed by atoms with Crippen LogP contribution in [-0.4, -0.2) is 13.0 Å². The topological polar surface area (TPSA) is 62.1 Å². The fraction of sp³-hybridized carbons (Fsp3) is 0.158. The van der Waals surface area contributed by atoms with Crippen LogP contribution in [0.2, 0.25) is 5.02 Å². The number of aryl methyl sites for hydroxylation is 2. The molecule has 122 valence electrons. The molecule has 2 aromatic rings. The largest absolute Gasteiger partial charge is 0.496 e. The van der Waals surface area contributed by atoms with E-state index in [0.717, 1.165) is 11.1 Å². The molecule has 0 fully saturated rings. The molecule has 2 rings (SSSR count). The quantitative estimate of drug-likeness (QED) is 0.658. The van der Waals surface area contributed by atoms with Crippen LogP contribution >= 0.6 is 11.6 Å². The molecule has 4 nitrogen and oxygen atoms in total. The summed E-state index contributed by atoms with van der Waals surface area (Å²) in [6.07, 6.45) is 1.52. The van der Waals surface area contributed by atoms with Crippen LogP contribution in [0, 0.1) is 25.2 Å². The Balaban J connectivity index is 2.29. The number of nitrogens with one attached hydrogen (secondary N) is 1. The van der Waals surface area contributed by atoms with Crippen molar-refractivity contribution in [1.82, 2.24) is 0 Å². The summed E-state index contributed by atoms with van der Waals surface area (Å²) in [5.74, 6) is 0.217. The molecule has 0 atom stereocenters. The number of ether oxygens (including phenoxy) is 1. The molecule has 5 heteroatoms. The summed E-state index contributed by atoms with van der Waals surface area (Å²) in [7, 11) is 1.58. The normalized spacial score (nSPS) is 10.9. The Labute approximate surface area is 146 Å². The summed E-state index contributed by atoms with van der Waals surface area (Å²) in [4.78, 5) is 12.4. The molecule has 0 aliphatic carbocycles. The van der Waals surface area contributed by atoms with Gasteiger partial charge in [-0.05, 0) is 54.8 Å². The Bertz CT molecular complexity index is 851. The van der Waals surface area contributed by atoms with Gasteiger partial charge in [0.2, 0.25) is 0 Å². The van der Waals surface area contributed by atoms with E-state index in [1.807, 2.05) is 32.0 Å². The zero-order valence-electron chi connectivity index (χ0n) is 13.7. The molecule has 24 heavy (non-hydrogen) atoms. The van der Waals surface area contributed by atoms with Crippen LogP contribution in [0.4, 0.5) is 5.69 Å². The number of amides is 1. The van der Waals surface area contributed by atoms with E-state index >= 15 is 0 Å². The molecule has 1 amide bonds. The van der Waals surface area contributed by atoms with Gasteiger partial charge in [0.25, 0.3) is 5.91 Å². The third-order valence-corrected chi connectivity index (χ3v) is 3.79. The van der Waals surface area contributed by atoms with Crippen LogP contribution in [0.5, 0.6) is 5.75 Å². The molecule has 0 heterocycles. The van der Waals surface area contributed by atoms with Gasteiger partial charge in [0, 0.05) is 10.7 Å². The van der Waals surface area contributed by atoms with Gasteiger partial charge in [-0.1, -0.05) is 29.8 Å². The van der Waals surface area contributed by atoms with Gasteiger partial charge in [-0.3, -0.25) is 4.79 Å². The maximum Gasteiger partial charge on any atom is 0.266 e. The number of carbonyl (C=O) groups is 1. The maximum atomic E-state index is 12.4. The highest BCUT2D eigenvalue weighted by atomic mass is 35.5. The van der Waals surface area contributed by atoms with Crippen LogP contribution in [0.1, 0.15) is 16.7 Å². The molecule has 0 saturated carbocycles. The van der Waals surface area contributed by atoms with Crippen molar-refractivity contribution in [2.45, 2.75) is 13.8 Å². The number of carbonyl (C=O) groups excluding carboxylic acids is 1. The zero-order valence-corrected chi connectivity index (χ0v) is 14.4. The molecule has 0 unspecified atom stereocenters. The van der Waals surface area contributed by atoms with Crippen LogP contribution in [0.3, 0.4) is 0 Å². The maximum absolute atomic E-state index is 12.4. The summed E-state index contributed by atoms with van der Waals surface area (Å²) in [6, 6.07) is 12.6. The lowest BCUT2D eigenvalue weighted by atomic mass is 10.1. The number of anilines is 1. The average molecular weight is 341 g/mol. The van der Waals surface area contributed by atoms with Crippen molar-refractivity contribution >= 4 is 29.3 Å². The first-order chi connectivity index (χ1) is 11.4. The van der Waals surface area contributed by atoms with Gasteiger partial charge in [0.1, 0.15) is 17.4 Å². The molecule has 0 spiro atoms. The van der Waals surface area contributed by atoms with Crippen molar-refractivity contribution in [3.05, 3.63) is 63.7 Å². The van der Waals surface area contributed by atoms with Crippen molar-refractivity contribution in [1.29, 1.82) is 5.26 Å². The second-order valence-corrected chi connectivity index (χ2v) is 5.75. The Hall–Kier alpha value is -2.77. The number of methoxy groups -OCH3 is 1. The monoisotopic (exact) mass is 340 g/mol. The highest BCUT2D eigenvalue weighted by Crippen LogP contribution is 2.23. The fourth-order valence-electron chi connectivity index (χ4n) is 2.16. The summed E-state index contributed by atoms with van der Waals surface area (Å²) >= 11 is 5.95. The van der Waals surface area contributed by atoms with Crippen molar-refractivity contribution in [2.75, 3.05) is 12.4 Å². The summed E-state index contributed by atoms with van der Waals surface area (Å²) in [6.45, 7) is 3.78. The van der Waals surface area contributed by atoms with E-state index in [0.29, 0.717) is 22.0 Å². The molecular weight excluding hydrogens is 324 g/mol. The molecular formula is C19H17ClN2O2. The lowest BCUT2D eigenvalue weighted by Crippen LogP contribution is -2.14. The molecule has 0 bridgehead atoms. The Morgan fingerprint density at radius 2 is 1.92 bits per heavy atom. The minimum Gasteiger partial charge on any atom is -0.496 e. The van der Waals surface area contributed by atoms with Crippen LogP contribution in [-0.2, 0) is 4.79 Å². The highest BCUT2D eigenvalue weighted by Gasteiger charge is 2.11. The van der Waals surface area contributed by atoms with Gasteiger partial charge in [0.05, 0.1) is 7.11 Å². The van der Waals surface area contributed by atoms with Crippen molar-refractivity contribution in [3.8, 4) is 11.8 Å². The van der Waals surface area contributed by atoms with Gasteiger partial charge < -0.3 is 10.1 Å². The van der Waals surface area contributed by atoms with Crippen LogP contribution in [0.25, 0.3) is 6.08 Å². The molecule has 0 radical (unpaired) electrons. The first kappa shape index (κ1) is 17.6. The number of nitriles is 1. The Morgan fingerprint density at radius 3 is 2.58 bits per heavy atom. The van der Waals surface area contributed by atoms with E-state index in [2.05, 4.69) is 5.32 Å². The van der Waals surface area contributed by atoms with E-state index in [1.165, 1.54) is 6.08 Å². The summed E-state index contributed by atoms with van der Waals surface area (Å²) < 4.78 is 5.26. The number of halogens is 1. The van der Waals surface area contributed by atoms with Gasteiger partial charge >= 0.3 is 0 Å². The SMILES string of the molecule is COc1cc(/C=C(\C#N)C(=O)Nc2cc(Cl)ccc2C)ccc1C. The van der Waals surface area contributed by atoms with Gasteiger partial charge in [-0.2, -0.15) is 5.26 Å². The molecule has 0 saturated heterocycles. The second kappa shape index (κ2) is 7.67. The number of rotatable bonds is 4. The third kappa shape index (κ3) is 4.15. The molecule has 0 aromatic heterocycles. The molecule has 2 aromatic carbocycles. The number of nitrogens with zero attached hydrogens (tertiary/aromatic N) is 1. The second-order valence-electron chi connectivity index (χ2n) is 5.31. The Kier molecular flexibility index (Phi) is 5.62. The predicted molar refractivity (Wildman–Crippen MR) is 96.1 cm³/mol. The van der Waals surface area contributed by atoms with Gasteiger partial charge in [0.15, 0.2) is 0 Å². The zero-order chi connectivity index (χ0) is 17.7. The van der Waals surface area contributed by atoms with E-state index in [1.54, 1.807) is 31.4 Å². The predicted octanol–water partition coefficient (Wildman–Crippen LogP) is 4.51. The van der Waals surface area contributed by atoms with Crippen molar-refractivity contribution < 1.29 is 9.53 Å². The minimum atomic E-state index is -0.484. The number of hydrogen-bond acceptors (Lipinski definition) is 3. The lowest BCUT2D eigenvalue weighted by Gasteiger charge is -2.09. The Morgan fingerprint density at radius 1 is 1.21 bits per heavy atom. The van der Waals surface area contributed by atoms with Gasteiger partial charge in [-0.15, -0.1) is 0 Å².